The van der Waals surface area contributed by atoms with E-state index in [0.29, 0.717) is 5.75 Å². The summed E-state index contributed by atoms with van der Waals surface area (Å²) >= 11 is 1.47. The summed E-state index contributed by atoms with van der Waals surface area (Å²) in [5.74, 6) is 0.776. The van der Waals surface area contributed by atoms with Crippen LogP contribution in [-0.2, 0) is 10.5 Å². The van der Waals surface area contributed by atoms with E-state index in [1.807, 2.05) is 0 Å². The number of nitrogen functional groups attached to an aromatic ring is 1. The van der Waals surface area contributed by atoms with Gasteiger partial charge in [-0.25, -0.2) is 4.79 Å². The van der Waals surface area contributed by atoms with Gasteiger partial charge in [0.1, 0.15) is 11.3 Å². The molecule has 1 fully saturated rings. The molecule has 1 aromatic rings. The molecule has 88 valence electrons. The van der Waals surface area contributed by atoms with Crippen molar-refractivity contribution in [3.63, 3.8) is 0 Å². The SMILES string of the molecule is C[C@@]1(n2ccc(N)nc2=O)CS[C@H](CO)O1. The van der Waals surface area contributed by atoms with Gasteiger partial charge in [-0.3, -0.25) is 4.57 Å². The Kier molecular flexibility index (Phi) is 2.92. The molecule has 6 nitrogen and oxygen atoms in total. The van der Waals surface area contributed by atoms with Crippen LogP contribution < -0.4 is 11.4 Å². The van der Waals surface area contributed by atoms with E-state index in [9.17, 15) is 4.79 Å². The third kappa shape index (κ3) is 1.93. The Bertz CT molecular complexity index is 450. The van der Waals surface area contributed by atoms with Gasteiger partial charge in [0.05, 0.1) is 6.61 Å². The van der Waals surface area contributed by atoms with E-state index >= 15 is 0 Å². The summed E-state index contributed by atoms with van der Waals surface area (Å²) in [4.78, 5) is 15.3. The van der Waals surface area contributed by atoms with E-state index in [2.05, 4.69) is 4.98 Å². The van der Waals surface area contributed by atoms with Crippen LogP contribution in [-0.4, -0.2) is 32.5 Å². The van der Waals surface area contributed by atoms with Crippen LogP contribution in [0.25, 0.3) is 0 Å². The molecule has 1 aromatic heterocycles. The van der Waals surface area contributed by atoms with Crippen LogP contribution in [0.5, 0.6) is 0 Å². The Morgan fingerprint density at radius 3 is 3.19 bits per heavy atom. The molecule has 16 heavy (non-hydrogen) atoms. The first-order valence-corrected chi connectivity index (χ1v) is 5.86. The summed E-state index contributed by atoms with van der Waals surface area (Å²) in [7, 11) is 0. The number of anilines is 1. The summed E-state index contributed by atoms with van der Waals surface area (Å²) in [5.41, 5.74) is 3.90. The molecule has 2 rings (SSSR count). The largest absolute Gasteiger partial charge is 0.393 e. The van der Waals surface area contributed by atoms with Crippen molar-refractivity contribution >= 4 is 17.6 Å². The smallest absolute Gasteiger partial charge is 0.351 e. The lowest BCUT2D eigenvalue weighted by Gasteiger charge is -2.25. The highest BCUT2D eigenvalue weighted by Gasteiger charge is 2.38. The highest BCUT2D eigenvalue weighted by molar-refractivity contribution is 8.00. The van der Waals surface area contributed by atoms with Gasteiger partial charge in [0, 0.05) is 11.9 Å². The lowest BCUT2D eigenvalue weighted by Crippen LogP contribution is -2.41. The Balaban J connectivity index is 2.34. The lowest BCUT2D eigenvalue weighted by molar-refractivity contribution is -0.0874. The van der Waals surface area contributed by atoms with Gasteiger partial charge >= 0.3 is 5.69 Å². The second kappa shape index (κ2) is 4.08. The molecule has 0 radical (unpaired) electrons. The second-order valence-electron chi connectivity index (χ2n) is 3.72. The van der Waals surface area contributed by atoms with E-state index in [4.69, 9.17) is 15.6 Å². The number of thioether (sulfide) groups is 1. The first-order valence-electron chi connectivity index (χ1n) is 4.81. The van der Waals surface area contributed by atoms with Crippen molar-refractivity contribution in [1.82, 2.24) is 9.55 Å². The number of ether oxygens (including phenoxy) is 1. The minimum absolute atomic E-state index is 0.0720. The van der Waals surface area contributed by atoms with Crippen LogP contribution in [0.4, 0.5) is 5.82 Å². The Morgan fingerprint density at radius 1 is 1.88 bits per heavy atom. The van der Waals surface area contributed by atoms with E-state index in [1.165, 1.54) is 16.3 Å². The molecular formula is C9H13N3O3S. The van der Waals surface area contributed by atoms with E-state index in [1.54, 1.807) is 19.2 Å². The summed E-state index contributed by atoms with van der Waals surface area (Å²) in [6.45, 7) is 1.71. The number of nitrogens with two attached hydrogens (primary N) is 1. The van der Waals surface area contributed by atoms with Gasteiger partial charge in [-0.1, -0.05) is 0 Å². The Labute approximate surface area is 96.4 Å². The summed E-state index contributed by atoms with van der Waals surface area (Å²) in [6, 6.07) is 1.55. The highest BCUT2D eigenvalue weighted by atomic mass is 32.2. The molecule has 2 atom stereocenters. The molecule has 7 heteroatoms. The second-order valence-corrected chi connectivity index (χ2v) is 4.87. The van der Waals surface area contributed by atoms with Crippen LogP contribution in [0, 0.1) is 0 Å². The lowest BCUT2D eigenvalue weighted by atomic mass is 10.3. The van der Waals surface area contributed by atoms with Crippen LogP contribution in [0.1, 0.15) is 6.92 Å². The fraction of sp³-hybridized carbons (Fsp3) is 0.556. The number of hydrogen-bond donors (Lipinski definition) is 2. The zero-order valence-corrected chi connectivity index (χ0v) is 9.61. The average molecular weight is 243 g/mol. The van der Waals surface area contributed by atoms with Crippen LogP contribution in [0.15, 0.2) is 17.1 Å². The van der Waals surface area contributed by atoms with Crippen LogP contribution in [0.3, 0.4) is 0 Å². The van der Waals surface area contributed by atoms with Crippen molar-refractivity contribution in [3.8, 4) is 0 Å². The number of nitrogens with zero attached hydrogens (tertiary/aromatic N) is 2. The maximum absolute atomic E-state index is 11.6. The standard InChI is InChI=1S/C9H13N3O3S/c1-9(5-16-7(4-13)15-9)12-3-2-6(10)11-8(12)14/h2-3,7,13H,4-5H2,1H3,(H2,10,11,14)/t7-,9+/m1/s1. The van der Waals surface area contributed by atoms with E-state index in [0.717, 1.165) is 0 Å². The maximum atomic E-state index is 11.6. The predicted molar refractivity (Wildman–Crippen MR) is 61.0 cm³/mol. The molecule has 2 heterocycles. The summed E-state index contributed by atoms with van der Waals surface area (Å²) < 4.78 is 6.99. The van der Waals surface area contributed by atoms with E-state index < -0.39 is 11.4 Å². The number of aliphatic hydroxyl groups excluding tert-OH is 1. The molecule has 0 bridgehead atoms. The monoisotopic (exact) mass is 243 g/mol. The molecule has 0 aliphatic carbocycles. The van der Waals surface area contributed by atoms with Crippen LogP contribution >= 0.6 is 11.8 Å². The minimum atomic E-state index is -0.768. The quantitative estimate of drug-likeness (QED) is 0.733. The normalized spacial score (nSPS) is 29.5. The first-order chi connectivity index (χ1) is 7.55. The topological polar surface area (TPSA) is 90.4 Å². The third-order valence-corrected chi connectivity index (χ3v) is 3.73. The Morgan fingerprint density at radius 2 is 2.62 bits per heavy atom. The highest BCUT2D eigenvalue weighted by Crippen LogP contribution is 2.35. The average Bonchev–Trinajstić information content (AvgIpc) is 2.61. The van der Waals surface area contributed by atoms with Crippen molar-refractivity contribution < 1.29 is 9.84 Å². The Hall–Kier alpha value is -1.05. The van der Waals surface area contributed by atoms with Gasteiger partial charge in [-0.15, -0.1) is 11.8 Å². The van der Waals surface area contributed by atoms with Gasteiger partial charge in [0.15, 0.2) is 5.72 Å². The summed E-state index contributed by atoms with van der Waals surface area (Å²) in [6.07, 6.45) is 1.56. The van der Waals surface area contributed by atoms with Gasteiger partial charge in [-0.05, 0) is 13.0 Å². The third-order valence-electron chi connectivity index (χ3n) is 2.41. The number of hydrogen-bond acceptors (Lipinski definition) is 6. The molecular weight excluding hydrogens is 230 g/mol. The number of aromatic nitrogens is 2. The van der Waals surface area contributed by atoms with Crippen molar-refractivity contribution in [2.75, 3.05) is 18.1 Å². The predicted octanol–water partition coefficient (Wildman–Crippen LogP) is -0.420. The molecule has 1 aliphatic heterocycles. The minimum Gasteiger partial charge on any atom is -0.393 e. The molecule has 0 spiro atoms. The van der Waals surface area contributed by atoms with Crippen molar-refractivity contribution in [2.45, 2.75) is 18.1 Å². The molecule has 1 saturated heterocycles. The number of rotatable bonds is 2. The van der Waals surface area contributed by atoms with Crippen molar-refractivity contribution in [3.05, 3.63) is 22.7 Å². The molecule has 0 aromatic carbocycles. The molecule has 1 aliphatic rings. The fourth-order valence-electron chi connectivity index (χ4n) is 1.59. The first kappa shape index (κ1) is 11.4. The zero-order valence-electron chi connectivity index (χ0n) is 8.79. The number of aliphatic hydroxyl groups is 1. The molecule has 3 N–H and O–H groups in total. The van der Waals surface area contributed by atoms with Crippen LogP contribution in [0.2, 0.25) is 0 Å². The summed E-state index contributed by atoms with van der Waals surface area (Å²) in [5, 5.41) is 8.99. The van der Waals surface area contributed by atoms with Crippen molar-refractivity contribution in [1.29, 1.82) is 0 Å². The van der Waals surface area contributed by atoms with Gasteiger partial charge in [0.2, 0.25) is 0 Å². The molecule has 0 saturated carbocycles. The van der Waals surface area contributed by atoms with Gasteiger partial charge in [-0.2, -0.15) is 4.98 Å². The molecule has 0 unspecified atom stereocenters. The van der Waals surface area contributed by atoms with Crippen molar-refractivity contribution in [2.24, 2.45) is 0 Å². The van der Waals surface area contributed by atoms with Gasteiger partial charge < -0.3 is 15.6 Å². The van der Waals surface area contributed by atoms with Gasteiger partial charge in [0.25, 0.3) is 0 Å². The maximum Gasteiger partial charge on any atom is 0.351 e. The van der Waals surface area contributed by atoms with E-state index in [-0.39, 0.29) is 17.9 Å². The zero-order chi connectivity index (χ0) is 11.8. The molecule has 0 amide bonds. The fourth-order valence-corrected chi connectivity index (χ4v) is 2.67.